The van der Waals surface area contributed by atoms with Crippen molar-refractivity contribution in [2.45, 2.75) is 50.0 Å². The number of carbonyl (C=O) groups excluding carboxylic acids is 2. The number of nitrogens with two attached hydrogens (primary N) is 1. The van der Waals surface area contributed by atoms with Crippen LogP contribution in [-0.4, -0.2) is 36.5 Å². The van der Waals surface area contributed by atoms with Gasteiger partial charge in [-0.25, -0.2) is 0 Å². The molecule has 4 N–H and O–H groups in total. The number of carbonyl (C=O) groups is 2. The van der Waals surface area contributed by atoms with Crippen LogP contribution in [0.3, 0.4) is 0 Å². The van der Waals surface area contributed by atoms with Crippen molar-refractivity contribution in [3.8, 4) is 0 Å². The maximum atomic E-state index is 13.6. The van der Waals surface area contributed by atoms with Crippen LogP contribution in [0.4, 0.5) is 17.1 Å². The molecule has 0 radical (unpaired) electrons. The van der Waals surface area contributed by atoms with Crippen molar-refractivity contribution in [1.29, 1.82) is 0 Å². The molecule has 1 saturated carbocycles. The summed E-state index contributed by atoms with van der Waals surface area (Å²) in [6.45, 7) is 1.23. The predicted octanol–water partition coefficient (Wildman–Crippen LogP) is -0.550. The Kier molecular flexibility index (Phi) is 7.35. The van der Waals surface area contributed by atoms with E-state index in [2.05, 4.69) is 10.3 Å². The zero-order valence-corrected chi connectivity index (χ0v) is 21.2. The van der Waals surface area contributed by atoms with Crippen molar-refractivity contribution < 1.29 is 57.2 Å². The summed E-state index contributed by atoms with van der Waals surface area (Å²) in [5.74, 6) is -1.81. The molecule has 0 bridgehead atoms. The number of nitrogen functional groups attached to an aromatic ring is 1. The Bertz CT molecular complexity index is 1280. The number of nitrogens with zero attached hydrogens (tertiary/aromatic N) is 1. The van der Waals surface area contributed by atoms with Gasteiger partial charge in [0.05, 0.1) is 28.1 Å². The van der Waals surface area contributed by atoms with Crippen LogP contribution in [0.5, 0.6) is 0 Å². The maximum Gasteiger partial charge on any atom is 1.00 e. The van der Waals surface area contributed by atoms with Crippen LogP contribution >= 0.6 is 0 Å². The van der Waals surface area contributed by atoms with Crippen molar-refractivity contribution in [3.05, 3.63) is 46.5 Å². The maximum absolute atomic E-state index is 13.6. The van der Waals surface area contributed by atoms with Gasteiger partial charge >= 0.3 is 29.6 Å². The normalized spacial score (nSPS) is 16.6. The van der Waals surface area contributed by atoms with E-state index in [0.29, 0.717) is 0 Å². The Balaban J connectivity index is 0.00000306. The van der Waals surface area contributed by atoms with Gasteiger partial charge in [0, 0.05) is 17.3 Å². The minimum Gasteiger partial charge on any atom is -0.862 e. The number of hydrogen-bond donors (Lipinski definition) is 3. The van der Waals surface area contributed by atoms with E-state index in [1.807, 2.05) is 0 Å². The quantitative estimate of drug-likeness (QED) is 0.148. The molecule has 2 aliphatic carbocycles. The Hall–Kier alpha value is -2.24. The largest absolute Gasteiger partial charge is 1.00 e. The first-order valence-electron chi connectivity index (χ1n) is 10.2. The third kappa shape index (κ3) is 4.71. The van der Waals surface area contributed by atoms with Gasteiger partial charge in [-0.3, -0.25) is 19.1 Å². The Morgan fingerprint density at radius 1 is 1.12 bits per heavy atom. The summed E-state index contributed by atoms with van der Waals surface area (Å²) < 4.78 is 33.7. The first-order chi connectivity index (χ1) is 15.1. The number of hydrogen-bond acceptors (Lipinski definition) is 8. The topological polar surface area (TPSA) is 162 Å². The molecule has 168 valence electrons. The van der Waals surface area contributed by atoms with Gasteiger partial charge in [-0.05, 0) is 37.8 Å². The molecule has 2 aliphatic rings. The molecule has 0 saturated heterocycles. The number of benzene rings is 2. The van der Waals surface area contributed by atoms with E-state index in [1.165, 1.54) is 25.1 Å². The monoisotopic (exact) mass is 479 g/mol. The smallest absolute Gasteiger partial charge is 0.862 e. The van der Waals surface area contributed by atoms with Crippen molar-refractivity contribution in [2.75, 3.05) is 11.1 Å². The molecule has 0 aliphatic heterocycles. The minimum absolute atomic E-state index is 0. The van der Waals surface area contributed by atoms with Gasteiger partial charge in [0.1, 0.15) is 4.90 Å². The minimum atomic E-state index is -4.76. The fourth-order valence-electron chi connectivity index (χ4n) is 4.43. The average Bonchev–Trinajstić information content (AvgIpc) is 2.72. The van der Waals surface area contributed by atoms with E-state index in [-0.39, 0.29) is 69.2 Å². The van der Waals surface area contributed by atoms with E-state index < -0.39 is 38.2 Å². The van der Waals surface area contributed by atoms with Crippen LogP contribution in [0.15, 0.2) is 34.2 Å². The van der Waals surface area contributed by atoms with Gasteiger partial charge in [0.25, 0.3) is 10.1 Å². The molecule has 11 heteroatoms. The SMILES string of the molecule is CC([O-])=Nc1cccc2c1C(=O)c1c(NC3CCCCC3)cc(S(=O)(=O)O)c(N)c1C2=O.[Na+]. The van der Waals surface area contributed by atoms with Gasteiger partial charge in [-0.15, -0.1) is 0 Å². The molecule has 1 fully saturated rings. The summed E-state index contributed by atoms with van der Waals surface area (Å²) >= 11 is 0. The average molecular weight is 479 g/mol. The summed E-state index contributed by atoms with van der Waals surface area (Å²) in [7, 11) is -4.76. The standard InChI is InChI=1S/C22H23N3O6S.Na/c1-11(26)24-14-9-5-8-13-17(14)22(28)18-15(25-12-6-3-2-4-7-12)10-16(32(29,30)31)20(23)19(18)21(13)27;/h5,8-10,12,25H,2-4,6-7,23H2,1H3,(H,24,26)(H,29,30,31);/q;+1/p-1. The molecule has 2 aromatic carbocycles. The predicted molar refractivity (Wildman–Crippen MR) is 117 cm³/mol. The number of rotatable bonds is 4. The van der Waals surface area contributed by atoms with E-state index in [1.54, 1.807) is 0 Å². The molecular weight excluding hydrogens is 457 g/mol. The van der Waals surface area contributed by atoms with Crippen LogP contribution in [0.2, 0.25) is 0 Å². The third-order valence-electron chi connectivity index (χ3n) is 5.82. The zero-order valence-electron chi connectivity index (χ0n) is 18.3. The van der Waals surface area contributed by atoms with E-state index in [0.717, 1.165) is 38.2 Å². The van der Waals surface area contributed by atoms with Gasteiger partial charge in [0.15, 0.2) is 11.6 Å². The molecule has 0 spiro atoms. The third-order valence-corrected chi connectivity index (χ3v) is 6.71. The molecule has 0 amide bonds. The number of nitrogens with one attached hydrogen (secondary N) is 1. The molecule has 0 unspecified atom stereocenters. The van der Waals surface area contributed by atoms with Gasteiger partial charge < -0.3 is 16.2 Å². The first kappa shape index (κ1) is 25.4. The second-order valence-corrected chi connectivity index (χ2v) is 9.42. The van der Waals surface area contributed by atoms with E-state index in [9.17, 15) is 27.7 Å². The molecule has 0 aromatic heterocycles. The summed E-state index contributed by atoms with van der Waals surface area (Å²) in [5, 5.41) is 14.8. The van der Waals surface area contributed by atoms with E-state index >= 15 is 0 Å². The van der Waals surface area contributed by atoms with Crippen LogP contribution in [-0.2, 0) is 10.1 Å². The van der Waals surface area contributed by atoms with Gasteiger partial charge in [0.2, 0.25) is 0 Å². The Morgan fingerprint density at radius 2 is 1.79 bits per heavy atom. The van der Waals surface area contributed by atoms with Crippen molar-refractivity contribution in [1.82, 2.24) is 0 Å². The Morgan fingerprint density at radius 3 is 2.39 bits per heavy atom. The second-order valence-electron chi connectivity index (χ2n) is 8.03. The molecule has 0 atom stereocenters. The molecule has 4 rings (SSSR count). The molecular formula is C22H22N3NaO6S. The first-order valence-corrected chi connectivity index (χ1v) is 11.7. The summed E-state index contributed by atoms with van der Waals surface area (Å²) in [6, 6.07) is 5.39. The number of ketones is 2. The van der Waals surface area contributed by atoms with Crippen molar-refractivity contribution >= 4 is 44.6 Å². The Labute approximate surface area is 213 Å². The summed E-state index contributed by atoms with van der Waals surface area (Å²) in [6.07, 6.45) is 4.64. The van der Waals surface area contributed by atoms with Crippen molar-refractivity contribution in [2.24, 2.45) is 4.99 Å². The van der Waals surface area contributed by atoms with Gasteiger partial charge in [-0.2, -0.15) is 8.42 Å². The number of fused-ring (bicyclic) bond motifs is 2. The molecule has 2 aromatic rings. The number of aliphatic imine (C=N–C) groups is 1. The van der Waals surface area contributed by atoms with Crippen LogP contribution in [0.25, 0.3) is 0 Å². The van der Waals surface area contributed by atoms with Crippen molar-refractivity contribution in [3.63, 3.8) is 0 Å². The fraction of sp³-hybridized carbons (Fsp3) is 0.318. The second kappa shape index (κ2) is 9.55. The molecule has 9 nitrogen and oxygen atoms in total. The fourth-order valence-corrected chi connectivity index (χ4v) is 5.08. The summed E-state index contributed by atoms with van der Waals surface area (Å²) in [5.41, 5.74) is 5.24. The van der Waals surface area contributed by atoms with E-state index in [4.69, 9.17) is 5.73 Å². The van der Waals surface area contributed by atoms with Gasteiger partial charge in [-0.1, -0.05) is 31.4 Å². The summed E-state index contributed by atoms with van der Waals surface area (Å²) in [4.78, 5) is 30.2. The molecule has 33 heavy (non-hydrogen) atoms. The molecule has 0 heterocycles. The van der Waals surface area contributed by atoms with Crippen LogP contribution in [0.1, 0.15) is 70.9 Å². The van der Waals surface area contributed by atoms with Crippen LogP contribution < -0.4 is 45.7 Å². The zero-order chi connectivity index (χ0) is 23.2. The van der Waals surface area contributed by atoms with Crippen LogP contribution in [0, 0.1) is 0 Å². The number of anilines is 2.